The molecule has 1 aromatic heterocycles. The molecule has 0 aliphatic rings. The Morgan fingerprint density at radius 3 is 2.65 bits per heavy atom. The molecule has 122 valence electrons. The van der Waals surface area contributed by atoms with Gasteiger partial charge in [0, 0.05) is 23.0 Å². The van der Waals surface area contributed by atoms with Crippen LogP contribution < -0.4 is 4.72 Å². The van der Waals surface area contributed by atoms with E-state index in [9.17, 15) is 17.2 Å². The number of nitriles is 1. The third-order valence-electron chi connectivity index (χ3n) is 3.10. The largest absolute Gasteiger partial charge is 0.357 e. The summed E-state index contributed by atoms with van der Waals surface area (Å²) < 4.78 is 53.6. The van der Waals surface area contributed by atoms with Crippen LogP contribution in [0.15, 0.2) is 24.3 Å². The third kappa shape index (κ3) is 4.07. The summed E-state index contributed by atoms with van der Waals surface area (Å²) in [6.45, 7) is 1.67. The molecule has 0 amide bonds. The summed E-state index contributed by atoms with van der Waals surface area (Å²) in [5, 5.41) is 8.62. The van der Waals surface area contributed by atoms with Gasteiger partial charge < -0.3 is 4.98 Å². The third-order valence-corrected chi connectivity index (χ3v) is 4.58. The SMILES string of the molecule is CCCS(=O)(=O)Nc1cc(F)c(-c2ccc(CC#N)[nH]2)cc1F. The lowest BCUT2D eigenvalue weighted by molar-refractivity contribution is 0.594. The van der Waals surface area contributed by atoms with Crippen molar-refractivity contribution in [3.8, 4) is 17.3 Å². The topological polar surface area (TPSA) is 85.8 Å². The molecule has 0 unspecified atom stereocenters. The van der Waals surface area contributed by atoms with Crippen LogP contribution in [0.4, 0.5) is 14.5 Å². The zero-order valence-corrected chi connectivity index (χ0v) is 13.2. The molecule has 2 rings (SSSR count). The van der Waals surface area contributed by atoms with Gasteiger partial charge in [0.2, 0.25) is 10.0 Å². The molecule has 8 heteroatoms. The van der Waals surface area contributed by atoms with Crippen molar-refractivity contribution in [2.75, 3.05) is 10.5 Å². The molecule has 0 radical (unpaired) electrons. The number of hydrogen-bond acceptors (Lipinski definition) is 3. The van der Waals surface area contributed by atoms with Crippen molar-refractivity contribution in [3.63, 3.8) is 0 Å². The Balaban J connectivity index is 2.35. The fraction of sp³-hybridized carbons (Fsp3) is 0.267. The summed E-state index contributed by atoms with van der Waals surface area (Å²) in [4.78, 5) is 2.82. The van der Waals surface area contributed by atoms with E-state index in [1.54, 1.807) is 13.0 Å². The number of aromatic nitrogens is 1. The van der Waals surface area contributed by atoms with Gasteiger partial charge in [-0.25, -0.2) is 17.2 Å². The second-order valence-corrected chi connectivity index (χ2v) is 6.81. The van der Waals surface area contributed by atoms with Crippen LogP contribution in [0.3, 0.4) is 0 Å². The van der Waals surface area contributed by atoms with Gasteiger partial charge in [-0.2, -0.15) is 5.26 Å². The second kappa shape index (κ2) is 6.79. The molecule has 2 aromatic rings. The summed E-state index contributed by atoms with van der Waals surface area (Å²) in [5.41, 5.74) is 0.429. The molecule has 0 aliphatic heterocycles. The molecule has 0 saturated carbocycles. The predicted octanol–water partition coefficient (Wildman–Crippen LogP) is 3.18. The molecular weight excluding hydrogens is 324 g/mol. The minimum atomic E-state index is -3.71. The molecule has 0 bridgehead atoms. The van der Waals surface area contributed by atoms with E-state index in [-0.39, 0.29) is 17.7 Å². The first kappa shape index (κ1) is 17.0. The van der Waals surface area contributed by atoms with E-state index in [0.717, 1.165) is 12.1 Å². The van der Waals surface area contributed by atoms with Gasteiger partial charge in [-0.15, -0.1) is 0 Å². The zero-order chi connectivity index (χ0) is 17.0. The highest BCUT2D eigenvalue weighted by Gasteiger charge is 2.17. The molecule has 0 spiro atoms. The number of rotatable bonds is 6. The lowest BCUT2D eigenvalue weighted by Crippen LogP contribution is -2.17. The highest BCUT2D eigenvalue weighted by Crippen LogP contribution is 2.28. The zero-order valence-electron chi connectivity index (χ0n) is 12.4. The second-order valence-electron chi connectivity index (χ2n) is 4.96. The van der Waals surface area contributed by atoms with E-state index >= 15 is 0 Å². The number of hydrogen-bond donors (Lipinski definition) is 2. The van der Waals surface area contributed by atoms with Crippen molar-refractivity contribution < 1.29 is 17.2 Å². The molecule has 0 fully saturated rings. The number of anilines is 1. The van der Waals surface area contributed by atoms with Gasteiger partial charge in [0.1, 0.15) is 11.6 Å². The number of benzene rings is 1. The summed E-state index contributed by atoms with van der Waals surface area (Å²) in [5.74, 6) is -1.83. The number of halogens is 2. The minimum Gasteiger partial charge on any atom is -0.357 e. The van der Waals surface area contributed by atoms with Crippen molar-refractivity contribution in [1.29, 1.82) is 5.26 Å². The Bertz CT molecular complexity index is 854. The van der Waals surface area contributed by atoms with Crippen molar-refractivity contribution in [2.45, 2.75) is 19.8 Å². The van der Waals surface area contributed by atoms with Gasteiger partial charge in [-0.3, -0.25) is 4.72 Å². The Hall–Kier alpha value is -2.40. The van der Waals surface area contributed by atoms with Crippen LogP contribution in [0.25, 0.3) is 11.3 Å². The lowest BCUT2D eigenvalue weighted by Gasteiger charge is -2.10. The first-order chi connectivity index (χ1) is 10.9. The van der Waals surface area contributed by atoms with Crippen LogP contribution in [0, 0.1) is 23.0 Å². The fourth-order valence-corrected chi connectivity index (χ4v) is 3.24. The van der Waals surface area contributed by atoms with E-state index in [1.807, 2.05) is 10.8 Å². The number of sulfonamides is 1. The Morgan fingerprint density at radius 1 is 1.26 bits per heavy atom. The van der Waals surface area contributed by atoms with Crippen molar-refractivity contribution in [3.05, 3.63) is 41.6 Å². The molecule has 0 aliphatic carbocycles. The number of nitrogens with one attached hydrogen (secondary N) is 2. The Morgan fingerprint density at radius 2 is 2.00 bits per heavy atom. The molecule has 2 N–H and O–H groups in total. The standard InChI is InChI=1S/C15H15F2N3O2S/c1-2-7-23(21,22)20-15-9-12(16)11(8-13(15)17)14-4-3-10(19-14)5-6-18/h3-4,8-9,19-20H,2,5,7H2,1H3. The van der Waals surface area contributed by atoms with Crippen LogP contribution in [0.2, 0.25) is 0 Å². The number of H-pyrrole nitrogens is 1. The van der Waals surface area contributed by atoms with Crippen molar-refractivity contribution in [1.82, 2.24) is 4.98 Å². The van der Waals surface area contributed by atoms with Gasteiger partial charge in [-0.1, -0.05) is 6.92 Å². The molecule has 1 aromatic carbocycles. The summed E-state index contributed by atoms with van der Waals surface area (Å²) >= 11 is 0. The van der Waals surface area contributed by atoms with Crippen LogP contribution in [-0.2, 0) is 16.4 Å². The van der Waals surface area contributed by atoms with Gasteiger partial charge >= 0.3 is 0 Å². The van der Waals surface area contributed by atoms with Crippen LogP contribution in [0.1, 0.15) is 19.0 Å². The summed E-state index contributed by atoms with van der Waals surface area (Å²) in [6, 6.07) is 6.81. The van der Waals surface area contributed by atoms with Crippen molar-refractivity contribution in [2.24, 2.45) is 0 Å². The predicted molar refractivity (Wildman–Crippen MR) is 83.2 cm³/mol. The Labute approximate surface area is 133 Å². The molecule has 1 heterocycles. The maximum Gasteiger partial charge on any atom is 0.232 e. The molecular formula is C15H15F2N3O2S. The number of aromatic amines is 1. The maximum atomic E-state index is 14.2. The smallest absolute Gasteiger partial charge is 0.232 e. The highest BCUT2D eigenvalue weighted by molar-refractivity contribution is 7.92. The van der Waals surface area contributed by atoms with Crippen LogP contribution in [-0.4, -0.2) is 19.2 Å². The average Bonchev–Trinajstić information content (AvgIpc) is 2.91. The normalized spacial score (nSPS) is 11.2. The van der Waals surface area contributed by atoms with E-state index in [2.05, 4.69) is 4.98 Å². The van der Waals surface area contributed by atoms with E-state index in [1.165, 1.54) is 6.07 Å². The molecule has 5 nitrogen and oxygen atoms in total. The number of nitrogens with zero attached hydrogens (tertiary/aromatic N) is 1. The van der Waals surface area contributed by atoms with Gasteiger partial charge in [0.25, 0.3) is 0 Å². The van der Waals surface area contributed by atoms with Crippen molar-refractivity contribution >= 4 is 15.7 Å². The van der Waals surface area contributed by atoms with Crippen LogP contribution >= 0.6 is 0 Å². The van der Waals surface area contributed by atoms with Crippen LogP contribution in [0.5, 0.6) is 0 Å². The van der Waals surface area contributed by atoms with Gasteiger partial charge in [0.15, 0.2) is 0 Å². The molecule has 0 atom stereocenters. The summed E-state index contributed by atoms with van der Waals surface area (Å²) in [6.07, 6.45) is 0.487. The van der Waals surface area contributed by atoms with E-state index in [4.69, 9.17) is 5.26 Å². The van der Waals surface area contributed by atoms with E-state index < -0.39 is 27.3 Å². The first-order valence-corrected chi connectivity index (χ1v) is 8.56. The summed E-state index contributed by atoms with van der Waals surface area (Å²) in [7, 11) is -3.71. The lowest BCUT2D eigenvalue weighted by atomic mass is 10.1. The quantitative estimate of drug-likeness (QED) is 0.847. The first-order valence-electron chi connectivity index (χ1n) is 6.91. The molecule has 0 saturated heterocycles. The Kier molecular flexibility index (Phi) is 5.01. The highest BCUT2D eigenvalue weighted by atomic mass is 32.2. The van der Waals surface area contributed by atoms with E-state index in [0.29, 0.717) is 17.8 Å². The average molecular weight is 339 g/mol. The van der Waals surface area contributed by atoms with Gasteiger partial charge in [-0.05, 0) is 24.6 Å². The minimum absolute atomic E-state index is 0.0369. The maximum absolute atomic E-state index is 14.2. The monoisotopic (exact) mass is 339 g/mol. The van der Waals surface area contributed by atoms with Gasteiger partial charge in [0.05, 0.1) is 23.9 Å². The fourth-order valence-electron chi connectivity index (χ4n) is 2.10. The molecule has 23 heavy (non-hydrogen) atoms.